The van der Waals surface area contributed by atoms with Gasteiger partial charge in [-0.3, -0.25) is 9.13 Å². The number of rotatable bonds is 12. The molecule has 0 aliphatic carbocycles. The molecule has 0 fully saturated rings. The minimum absolute atomic E-state index is 0.537. The molecule has 0 N–H and O–H groups in total. The fourth-order valence-electron chi connectivity index (χ4n) is 13.1. The molecule has 0 atom stereocenters. The van der Waals surface area contributed by atoms with Gasteiger partial charge in [-0.05, 0) is 86.0 Å². The smallest absolute Gasteiger partial charge is 0.238 e. The Morgan fingerprint density at radius 1 is 0.174 bits per heavy atom. The van der Waals surface area contributed by atoms with Gasteiger partial charge in [0.05, 0.1) is 22.1 Å². The predicted molar refractivity (Wildman–Crippen MR) is 376 cm³/mol. The molecule has 0 saturated carbocycles. The van der Waals surface area contributed by atoms with Crippen molar-refractivity contribution in [2.75, 3.05) is 0 Å². The van der Waals surface area contributed by atoms with E-state index in [0.717, 1.165) is 127 Å². The van der Waals surface area contributed by atoms with E-state index in [4.69, 9.17) is 29.9 Å². The second-order valence-electron chi connectivity index (χ2n) is 23.0. The molecule has 17 rings (SSSR count). The number of para-hydroxylation sites is 4. The first-order valence-electron chi connectivity index (χ1n) is 30.9. The Morgan fingerprint density at radius 2 is 0.457 bits per heavy atom. The Hall–Kier alpha value is -12.5. The van der Waals surface area contributed by atoms with Crippen LogP contribution in [0.4, 0.5) is 0 Å². The zero-order valence-corrected chi connectivity index (χ0v) is 49.8. The topological polar surface area (TPSA) is 87.2 Å². The van der Waals surface area contributed by atoms with E-state index in [1.54, 1.807) is 0 Å². The Balaban J connectivity index is 0.753. The van der Waals surface area contributed by atoms with Crippen LogP contribution in [0.1, 0.15) is 0 Å². The normalized spacial score (nSPS) is 11.5. The van der Waals surface area contributed by atoms with Crippen molar-refractivity contribution >= 4 is 43.6 Å². The van der Waals surface area contributed by atoms with Gasteiger partial charge in [-0.1, -0.05) is 297 Å². The van der Waals surface area contributed by atoms with Gasteiger partial charge in [-0.25, -0.2) is 9.97 Å². The molecule has 0 aliphatic heterocycles. The zero-order valence-electron chi connectivity index (χ0n) is 49.8. The minimum atomic E-state index is 0.537. The van der Waals surface area contributed by atoms with Crippen LogP contribution in [0.2, 0.25) is 0 Å². The maximum Gasteiger partial charge on any atom is 0.238 e. The van der Waals surface area contributed by atoms with E-state index < -0.39 is 0 Å². The third-order valence-electron chi connectivity index (χ3n) is 17.5. The van der Waals surface area contributed by atoms with Crippen molar-refractivity contribution < 1.29 is 0 Å². The summed E-state index contributed by atoms with van der Waals surface area (Å²) in [7, 11) is 0. The Kier molecular flexibility index (Phi) is 13.4. The Labute approximate surface area is 531 Å². The highest BCUT2D eigenvalue weighted by atomic mass is 15.2. The van der Waals surface area contributed by atoms with E-state index in [9.17, 15) is 0 Å². The van der Waals surface area contributed by atoms with Gasteiger partial charge in [-0.15, -0.1) is 0 Å². The number of benzene rings is 13. The summed E-state index contributed by atoms with van der Waals surface area (Å²) in [6, 6.07) is 115. The van der Waals surface area contributed by atoms with Crippen LogP contribution in [-0.2, 0) is 0 Å². The molecule has 4 aromatic heterocycles. The van der Waals surface area contributed by atoms with Crippen molar-refractivity contribution in [3.05, 3.63) is 328 Å². The molecule has 0 unspecified atom stereocenters. The maximum atomic E-state index is 5.44. The van der Waals surface area contributed by atoms with Gasteiger partial charge in [0.2, 0.25) is 11.9 Å². The van der Waals surface area contributed by atoms with E-state index >= 15 is 0 Å². The molecule has 4 heterocycles. The van der Waals surface area contributed by atoms with Gasteiger partial charge in [0.25, 0.3) is 0 Å². The Bertz CT molecular complexity index is 5630. The summed E-state index contributed by atoms with van der Waals surface area (Å²) in [4.78, 5) is 32.0. The standard InChI is InChI=1S/C84H54N8/c1-5-24-55(25-6-1)56-48-50-58(51-49-56)70-43-23-45-74-72-41-16-18-47-76(72)92(78(70)74)83-87-79(59-28-9-3-10-29-59)85-81(89-83)65-36-20-33-62(53-65)61-32-19-34-63(52-61)67-38-13-14-39-68(67)64-35-21-37-66(54-64)82-86-80(60-30-11-4-12-31-60)88-84(90-82)91-75-46-17-15-40-71(75)73-44-22-42-69(77(73)91)57-26-7-2-8-27-57/h1-54H. The highest BCUT2D eigenvalue weighted by Crippen LogP contribution is 2.42. The lowest BCUT2D eigenvalue weighted by Gasteiger charge is -2.15. The lowest BCUT2D eigenvalue weighted by molar-refractivity contribution is 0.953. The lowest BCUT2D eigenvalue weighted by atomic mass is 9.92. The molecule has 92 heavy (non-hydrogen) atoms. The van der Waals surface area contributed by atoms with Gasteiger partial charge in [0.15, 0.2) is 23.3 Å². The summed E-state index contributed by atoms with van der Waals surface area (Å²) in [5.41, 5.74) is 20.7. The van der Waals surface area contributed by atoms with Gasteiger partial charge in [-0.2, -0.15) is 19.9 Å². The molecule has 0 saturated heterocycles. The molecule has 0 amide bonds. The molecule has 8 heteroatoms. The Morgan fingerprint density at radius 3 is 0.924 bits per heavy atom. The van der Waals surface area contributed by atoms with Crippen LogP contribution in [-0.4, -0.2) is 39.0 Å². The first kappa shape index (κ1) is 53.7. The summed E-state index contributed by atoms with van der Waals surface area (Å²) < 4.78 is 4.44. The van der Waals surface area contributed by atoms with E-state index in [1.807, 2.05) is 36.4 Å². The molecule has 430 valence electrons. The fourth-order valence-corrected chi connectivity index (χ4v) is 13.1. The molecule has 0 aliphatic rings. The highest BCUT2D eigenvalue weighted by Gasteiger charge is 2.24. The molecule has 17 aromatic rings. The van der Waals surface area contributed by atoms with Gasteiger partial charge in [0.1, 0.15) is 0 Å². The molecular weight excluding hydrogens is 1120 g/mol. The molecule has 0 bridgehead atoms. The average Bonchev–Trinajstić information content (AvgIpc) is 1.59. The fraction of sp³-hybridized carbons (Fsp3) is 0. The third-order valence-corrected chi connectivity index (χ3v) is 17.5. The summed E-state index contributed by atoms with van der Waals surface area (Å²) in [5.74, 6) is 3.40. The van der Waals surface area contributed by atoms with E-state index in [2.05, 4.69) is 300 Å². The van der Waals surface area contributed by atoms with E-state index in [-0.39, 0.29) is 0 Å². The van der Waals surface area contributed by atoms with Crippen molar-refractivity contribution in [2.24, 2.45) is 0 Å². The van der Waals surface area contributed by atoms with E-state index in [1.165, 1.54) is 5.56 Å². The van der Waals surface area contributed by atoms with Crippen molar-refractivity contribution in [3.8, 4) is 124 Å². The predicted octanol–water partition coefficient (Wildman–Crippen LogP) is 20.9. The number of fused-ring (bicyclic) bond motifs is 6. The summed E-state index contributed by atoms with van der Waals surface area (Å²) in [6.07, 6.45) is 0. The lowest BCUT2D eigenvalue weighted by Crippen LogP contribution is -2.07. The van der Waals surface area contributed by atoms with Crippen LogP contribution in [0.3, 0.4) is 0 Å². The van der Waals surface area contributed by atoms with Crippen LogP contribution in [0.25, 0.3) is 168 Å². The second-order valence-corrected chi connectivity index (χ2v) is 23.0. The molecule has 0 spiro atoms. The number of hydrogen-bond acceptors (Lipinski definition) is 6. The van der Waals surface area contributed by atoms with Crippen LogP contribution in [0.15, 0.2) is 328 Å². The number of hydrogen-bond donors (Lipinski definition) is 0. The molecule has 8 nitrogen and oxygen atoms in total. The average molecular weight is 1180 g/mol. The van der Waals surface area contributed by atoms with Crippen molar-refractivity contribution in [2.45, 2.75) is 0 Å². The first-order valence-corrected chi connectivity index (χ1v) is 30.9. The number of nitrogens with zero attached hydrogens (tertiary/aromatic N) is 8. The monoisotopic (exact) mass is 1170 g/mol. The maximum absolute atomic E-state index is 5.44. The van der Waals surface area contributed by atoms with Gasteiger partial charge in [0, 0.05) is 54.9 Å². The summed E-state index contributed by atoms with van der Waals surface area (Å²) in [5, 5.41) is 4.49. The van der Waals surface area contributed by atoms with Gasteiger partial charge >= 0.3 is 0 Å². The summed E-state index contributed by atoms with van der Waals surface area (Å²) in [6.45, 7) is 0. The second kappa shape index (κ2) is 22.9. The quantitative estimate of drug-likeness (QED) is 0.121. The third kappa shape index (κ3) is 9.67. The SMILES string of the molecule is c1ccc(-c2ccc(-c3cccc4c5ccccc5n(-c5nc(-c6ccccc6)nc(-c6cccc(-c7cccc(-c8ccccc8-c8cccc(-c9nc(-c%10ccccc%10)nc(-n%10c%11ccccc%11c%11cccc(-c%12ccccc%12)c%11%10)n9)c8)c7)c6)n5)c34)cc2)cc1. The van der Waals surface area contributed by atoms with Crippen molar-refractivity contribution in [1.29, 1.82) is 0 Å². The van der Waals surface area contributed by atoms with E-state index in [0.29, 0.717) is 35.2 Å². The largest absolute Gasteiger partial charge is 0.277 e. The minimum Gasteiger partial charge on any atom is -0.277 e. The highest BCUT2D eigenvalue weighted by molar-refractivity contribution is 6.15. The van der Waals surface area contributed by atoms with Crippen molar-refractivity contribution in [1.82, 2.24) is 39.0 Å². The molecule has 0 radical (unpaired) electrons. The summed E-state index contributed by atoms with van der Waals surface area (Å²) >= 11 is 0. The van der Waals surface area contributed by atoms with Crippen LogP contribution in [0.5, 0.6) is 0 Å². The van der Waals surface area contributed by atoms with Crippen molar-refractivity contribution in [3.63, 3.8) is 0 Å². The van der Waals surface area contributed by atoms with Gasteiger partial charge < -0.3 is 0 Å². The van der Waals surface area contributed by atoms with Crippen LogP contribution >= 0.6 is 0 Å². The van der Waals surface area contributed by atoms with Crippen LogP contribution < -0.4 is 0 Å². The zero-order chi connectivity index (χ0) is 60.9. The van der Waals surface area contributed by atoms with Crippen LogP contribution in [0, 0.1) is 0 Å². The number of aromatic nitrogens is 8. The first-order chi connectivity index (χ1) is 45.6. The molecular formula is C84H54N8. The molecule has 13 aromatic carbocycles.